The van der Waals surface area contributed by atoms with Crippen molar-refractivity contribution in [2.75, 3.05) is 27.2 Å². The van der Waals surface area contributed by atoms with E-state index in [0.29, 0.717) is 12.0 Å². The Kier molecular flexibility index (Phi) is 11.0. The summed E-state index contributed by atoms with van der Waals surface area (Å²) >= 11 is 0. The summed E-state index contributed by atoms with van der Waals surface area (Å²) in [5, 5.41) is 12.9. The molecule has 6 nitrogen and oxygen atoms in total. The number of nitrogens with zero attached hydrogens (tertiary/aromatic N) is 2. The molecule has 3 aromatic rings. The Hall–Kier alpha value is -3.36. The largest absolute Gasteiger partial charge is 0.481 e. The first kappa shape index (κ1) is 32.2. The molecule has 1 heterocycles. The number of carboxylic acids is 1. The second kappa shape index (κ2) is 14.0. The molecule has 1 aromatic heterocycles. The Morgan fingerprint density at radius 1 is 1.05 bits per heavy atom. The number of hydrogen-bond donors (Lipinski definition) is 2. The molecule has 222 valence electrons. The number of carbonyl (C=O) groups is 1. The summed E-state index contributed by atoms with van der Waals surface area (Å²) in [6.45, 7) is 10.9. The number of hydrogen-bond acceptors (Lipinski definition) is 4. The number of pyridine rings is 1. The van der Waals surface area contributed by atoms with Crippen molar-refractivity contribution in [3.8, 4) is 11.1 Å². The fourth-order valence-electron chi connectivity index (χ4n) is 5.44. The zero-order chi connectivity index (χ0) is 30.4. The Labute approximate surface area is 242 Å². The molecule has 0 saturated heterocycles. The summed E-state index contributed by atoms with van der Waals surface area (Å²) in [5.74, 6) is -3.01. The molecule has 0 spiro atoms. The smallest absolute Gasteiger partial charge is 0.305 e. The van der Waals surface area contributed by atoms with Gasteiger partial charge in [-0.3, -0.25) is 9.59 Å². The number of nitrogens with one attached hydrogen (secondary N) is 1. The topological polar surface area (TPSA) is 74.6 Å². The summed E-state index contributed by atoms with van der Waals surface area (Å²) < 4.78 is 32.0. The van der Waals surface area contributed by atoms with E-state index >= 15 is 4.39 Å². The number of aliphatic carboxylic acids is 1. The average molecular weight is 568 g/mol. The molecule has 2 aromatic carbocycles. The van der Waals surface area contributed by atoms with Gasteiger partial charge in [-0.1, -0.05) is 32.0 Å². The van der Waals surface area contributed by atoms with Crippen molar-refractivity contribution in [3.63, 3.8) is 0 Å². The van der Waals surface area contributed by atoms with Crippen molar-refractivity contribution in [1.82, 2.24) is 14.8 Å². The number of aryl methyl sites for hydroxylation is 3. The number of benzene rings is 2. The predicted octanol–water partition coefficient (Wildman–Crippen LogP) is 6.22. The van der Waals surface area contributed by atoms with E-state index in [0.717, 1.165) is 46.8 Å². The molecule has 0 bridgehead atoms. The summed E-state index contributed by atoms with van der Waals surface area (Å²) in [6, 6.07) is 8.73. The van der Waals surface area contributed by atoms with E-state index in [1.165, 1.54) is 0 Å². The zero-order valence-corrected chi connectivity index (χ0v) is 25.2. The van der Waals surface area contributed by atoms with Crippen LogP contribution in [0.4, 0.5) is 8.78 Å². The van der Waals surface area contributed by atoms with Crippen molar-refractivity contribution in [2.24, 2.45) is 5.92 Å². The zero-order valence-electron chi connectivity index (χ0n) is 25.2. The number of aromatic nitrogens is 1. The molecule has 0 aliphatic rings. The maximum absolute atomic E-state index is 15.3. The standard InChI is InChI=1S/C33H43F2N3O3/c1-20(2)13-26(38-19-24(11-12-37(6)7)23(5)14-30(38)39)18-36-29(17-31(40)41)27-15-25(16-28(34)33(27)35)32-21(3)9-8-10-22(32)4/h8-10,14-16,19-20,26,29,36H,11-13,17-18H2,1-7H3,(H,40,41)/t26-,29?/m0/s1. The second-order valence-electron chi connectivity index (χ2n) is 11.8. The monoisotopic (exact) mass is 567 g/mol. The third kappa shape index (κ3) is 8.33. The van der Waals surface area contributed by atoms with Crippen molar-refractivity contribution >= 4 is 5.97 Å². The first-order valence-corrected chi connectivity index (χ1v) is 14.2. The highest BCUT2D eigenvalue weighted by Crippen LogP contribution is 2.33. The fraction of sp³-hybridized carbons (Fsp3) is 0.455. The van der Waals surface area contributed by atoms with E-state index in [1.54, 1.807) is 16.7 Å². The van der Waals surface area contributed by atoms with Crippen LogP contribution < -0.4 is 10.9 Å². The van der Waals surface area contributed by atoms with Gasteiger partial charge in [0.25, 0.3) is 5.56 Å². The van der Waals surface area contributed by atoms with Gasteiger partial charge in [-0.25, -0.2) is 8.78 Å². The van der Waals surface area contributed by atoms with E-state index in [9.17, 15) is 19.1 Å². The number of carboxylic acid groups (broad SMARTS) is 1. The molecule has 0 aliphatic heterocycles. The van der Waals surface area contributed by atoms with Crippen molar-refractivity contribution < 1.29 is 18.7 Å². The lowest BCUT2D eigenvalue weighted by molar-refractivity contribution is -0.137. The van der Waals surface area contributed by atoms with Crippen molar-refractivity contribution in [3.05, 3.63) is 92.4 Å². The molecule has 0 radical (unpaired) electrons. The number of rotatable bonds is 13. The van der Waals surface area contributed by atoms with Crippen LogP contribution >= 0.6 is 0 Å². The second-order valence-corrected chi connectivity index (χ2v) is 11.8. The van der Waals surface area contributed by atoms with Crippen molar-refractivity contribution in [1.29, 1.82) is 0 Å². The minimum Gasteiger partial charge on any atom is -0.481 e. The lowest BCUT2D eigenvalue weighted by atomic mass is 9.92. The molecule has 0 saturated carbocycles. The van der Waals surface area contributed by atoms with E-state index in [1.807, 2.05) is 59.3 Å². The lowest BCUT2D eigenvalue weighted by Crippen LogP contribution is -2.36. The van der Waals surface area contributed by atoms with Crippen LogP contribution in [-0.2, 0) is 11.2 Å². The van der Waals surface area contributed by atoms with Gasteiger partial charge in [0, 0.05) is 43.0 Å². The molecular weight excluding hydrogens is 524 g/mol. The molecule has 2 N–H and O–H groups in total. The van der Waals surface area contributed by atoms with Crippen LogP contribution in [0.15, 0.2) is 47.4 Å². The Bertz CT molecular complexity index is 1410. The van der Waals surface area contributed by atoms with Gasteiger partial charge in [0.15, 0.2) is 11.6 Å². The van der Waals surface area contributed by atoms with Gasteiger partial charge in [0.2, 0.25) is 0 Å². The maximum atomic E-state index is 15.3. The SMILES string of the molecule is Cc1cc(=O)n([C@H](CNC(CC(=O)O)c2cc(-c3c(C)cccc3C)cc(F)c2F)CC(C)C)cc1CCN(C)C. The van der Waals surface area contributed by atoms with Crippen molar-refractivity contribution in [2.45, 2.75) is 66.0 Å². The van der Waals surface area contributed by atoms with Crippen LogP contribution in [0.1, 0.15) is 66.6 Å². The van der Waals surface area contributed by atoms with Gasteiger partial charge < -0.3 is 19.9 Å². The van der Waals surface area contributed by atoms with Gasteiger partial charge in [-0.15, -0.1) is 0 Å². The van der Waals surface area contributed by atoms with Gasteiger partial charge in [-0.2, -0.15) is 0 Å². The maximum Gasteiger partial charge on any atom is 0.305 e. The van der Waals surface area contributed by atoms with Crippen LogP contribution in [-0.4, -0.2) is 47.7 Å². The van der Waals surface area contributed by atoms with Crippen LogP contribution in [0.2, 0.25) is 0 Å². The highest BCUT2D eigenvalue weighted by atomic mass is 19.2. The van der Waals surface area contributed by atoms with E-state index in [4.69, 9.17) is 0 Å². The summed E-state index contributed by atoms with van der Waals surface area (Å²) in [4.78, 5) is 27.1. The van der Waals surface area contributed by atoms with Crippen LogP contribution in [0, 0.1) is 38.3 Å². The fourth-order valence-corrected chi connectivity index (χ4v) is 5.44. The molecular formula is C33H43F2N3O3. The minimum absolute atomic E-state index is 0.0451. The molecule has 0 fully saturated rings. The van der Waals surface area contributed by atoms with Gasteiger partial charge in [-0.05, 0) is 99.1 Å². The normalized spacial score (nSPS) is 13.1. The quantitative estimate of drug-likeness (QED) is 0.257. The molecule has 0 aliphatic carbocycles. The van der Waals surface area contributed by atoms with Gasteiger partial charge >= 0.3 is 5.97 Å². The van der Waals surface area contributed by atoms with Gasteiger partial charge in [0.1, 0.15) is 0 Å². The van der Waals surface area contributed by atoms with Crippen LogP contribution in [0.3, 0.4) is 0 Å². The Balaban J connectivity index is 2.02. The minimum atomic E-state index is -1.14. The van der Waals surface area contributed by atoms with E-state index in [-0.39, 0.29) is 29.6 Å². The number of halogens is 2. The van der Waals surface area contributed by atoms with E-state index < -0.39 is 30.1 Å². The predicted molar refractivity (Wildman–Crippen MR) is 160 cm³/mol. The molecule has 1 unspecified atom stereocenters. The van der Waals surface area contributed by atoms with Gasteiger partial charge in [0.05, 0.1) is 6.42 Å². The Morgan fingerprint density at radius 2 is 1.71 bits per heavy atom. The average Bonchev–Trinajstić information content (AvgIpc) is 2.86. The molecule has 8 heteroatoms. The summed E-state index contributed by atoms with van der Waals surface area (Å²) in [5.41, 5.74) is 4.89. The third-order valence-corrected chi connectivity index (χ3v) is 7.54. The van der Waals surface area contributed by atoms with E-state index in [2.05, 4.69) is 24.1 Å². The molecule has 2 atom stereocenters. The summed E-state index contributed by atoms with van der Waals surface area (Å²) in [6.07, 6.45) is 2.86. The summed E-state index contributed by atoms with van der Waals surface area (Å²) in [7, 11) is 3.99. The highest BCUT2D eigenvalue weighted by molar-refractivity contribution is 5.72. The molecule has 0 amide bonds. The third-order valence-electron chi connectivity index (χ3n) is 7.54. The molecule has 41 heavy (non-hydrogen) atoms. The Morgan fingerprint density at radius 3 is 2.29 bits per heavy atom. The highest BCUT2D eigenvalue weighted by Gasteiger charge is 2.25. The lowest BCUT2D eigenvalue weighted by Gasteiger charge is -2.27. The number of likely N-dealkylation sites (N-methyl/N-ethyl adjacent to an activating group) is 1. The molecule has 3 rings (SSSR count). The van der Waals surface area contributed by atoms with Crippen LogP contribution in [0.5, 0.6) is 0 Å². The first-order chi connectivity index (χ1) is 19.3. The van der Waals surface area contributed by atoms with Crippen LogP contribution in [0.25, 0.3) is 11.1 Å². The first-order valence-electron chi connectivity index (χ1n) is 14.2.